The standard InChI is InChI=1S/C31H28ClFN2O8/c1-31-20(28(40)35(30(31)42)14-3-8-22(33)21(32)11-14)13-19-16(26(31)17-5-4-15(43-2)12-23(17)36)6-7-18-25(19)29(41)34(27(18)39)10-9-24(37)38/h3-6,8,11-12,18-20,25-26,36H,7,9-10,13H2,1-2H3,(H,37,38). The third-order valence-electron chi connectivity index (χ3n) is 9.63. The van der Waals surface area contributed by atoms with Gasteiger partial charge in [0.15, 0.2) is 0 Å². The molecule has 4 amide bonds. The number of anilines is 1. The van der Waals surface area contributed by atoms with E-state index in [-0.39, 0.29) is 35.8 Å². The normalized spacial score (nSPS) is 29.8. The average Bonchev–Trinajstić information content (AvgIpc) is 3.33. The second kappa shape index (κ2) is 10.2. The molecule has 2 aliphatic heterocycles. The van der Waals surface area contributed by atoms with Gasteiger partial charge in [-0.1, -0.05) is 29.3 Å². The number of nitrogens with zero attached hydrogens (tertiary/aromatic N) is 2. The van der Waals surface area contributed by atoms with Crippen LogP contribution in [0.2, 0.25) is 5.02 Å². The maximum atomic E-state index is 14.4. The van der Waals surface area contributed by atoms with Gasteiger partial charge in [0.25, 0.3) is 0 Å². The van der Waals surface area contributed by atoms with Crippen molar-refractivity contribution >= 4 is 46.9 Å². The Bertz CT molecular complexity index is 1640. The Balaban J connectivity index is 1.49. The molecule has 2 N–H and O–H groups in total. The number of ether oxygens (including phenoxy) is 1. The first-order valence-electron chi connectivity index (χ1n) is 13.9. The number of fused-ring (bicyclic) bond motifs is 4. The summed E-state index contributed by atoms with van der Waals surface area (Å²) in [4.78, 5) is 68.6. The van der Waals surface area contributed by atoms with Crippen molar-refractivity contribution in [1.29, 1.82) is 0 Å². The number of hydrogen-bond acceptors (Lipinski definition) is 7. The van der Waals surface area contributed by atoms with Crippen LogP contribution in [-0.2, 0) is 24.0 Å². The van der Waals surface area contributed by atoms with Crippen molar-refractivity contribution in [1.82, 2.24) is 4.90 Å². The number of aliphatic carboxylic acids is 1. The van der Waals surface area contributed by atoms with E-state index in [2.05, 4.69) is 0 Å². The van der Waals surface area contributed by atoms with Crippen molar-refractivity contribution in [3.05, 3.63) is 64.5 Å². The fraction of sp³-hybridized carbons (Fsp3) is 0.387. The van der Waals surface area contributed by atoms with Crippen LogP contribution in [0.5, 0.6) is 11.5 Å². The molecule has 0 bridgehead atoms. The maximum absolute atomic E-state index is 14.4. The predicted molar refractivity (Wildman–Crippen MR) is 150 cm³/mol. The van der Waals surface area contributed by atoms with Crippen molar-refractivity contribution in [2.45, 2.75) is 32.1 Å². The number of benzene rings is 2. The molecule has 6 unspecified atom stereocenters. The van der Waals surface area contributed by atoms with Gasteiger partial charge in [0.05, 0.1) is 47.4 Å². The minimum Gasteiger partial charge on any atom is -0.508 e. The van der Waals surface area contributed by atoms with E-state index in [9.17, 15) is 33.5 Å². The number of phenolic OH excluding ortho intramolecular Hbond substituents is 1. The Morgan fingerprint density at radius 3 is 2.49 bits per heavy atom. The molecule has 6 atom stereocenters. The fourth-order valence-electron chi connectivity index (χ4n) is 7.62. The topological polar surface area (TPSA) is 142 Å². The lowest BCUT2D eigenvalue weighted by atomic mass is 9.51. The number of hydrogen-bond donors (Lipinski definition) is 2. The summed E-state index contributed by atoms with van der Waals surface area (Å²) in [5.74, 6) is -7.81. The molecule has 2 saturated heterocycles. The largest absolute Gasteiger partial charge is 0.508 e. The molecule has 2 aromatic rings. The van der Waals surface area contributed by atoms with Crippen LogP contribution in [-0.4, -0.2) is 58.4 Å². The number of likely N-dealkylation sites (tertiary alicyclic amines) is 1. The number of carboxylic acid groups (broad SMARTS) is 1. The lowest BCUT2D eigenvalue weighted by Crippen LogP contribution is -2.48. The number of imide groups is 2. The second-order valence-corrected chi connectivity index (χ2v) is 12.1. The lowest BCUT2D eigenvalue weighted by Gasteiger charge is -2.49. The van der Waals surface area contributed by atoms with E-state index < -0.39 is 76.8 Å². The highest BCUT2D eigenvalue weighted by molar-refractivity contribution is 6.31. The Hall–Kier alpha value is -4.25. The van der Waals surface area contributed by atoms with Gasteiger partial charge in [-0.15, -0.1) is 0 Å². The van der Waals surface area contributed by atoms with E-state index in [1.54, 1.807) is 19.1 Å². The van der Waals surface area contributed by atoms with Gasteiger partial charge in [0.1, 0.15) is 17.3 Å². The van der Waals surface area contributed by atoms with Gasteiger partial charge in [-0.2, -0.15) is 0 Å². The predicted octanol–water partition coefficient (Wildman–Crippen LogP) is 3.90. The van der Waals surface area contributed by atoms with Gasteiger partial charge in [-0.3, -0.25) is 28.9 Å². The summed E-state index contributed by atoms with van der Waals surface area (Å²) in [6.07, 6.45) is 1.67. The summed E-state index contributed by atoms with van der Waals surface area (Å²) in [6.45, 7) is 1.39. The van der Waals surface area contributed by atoms with Gasteiger partial charge in [0.2, 0.25) is 23.6 Å². The van der Waals surface area contributed by atoms with Crippen LogP contribution in [0.15, 0.2) is 48.0 Å². The number of carbonyl (C=O) groups is 5. The van der Waals surface area contributed by atoms with Crippen LogP contribution >= 0.6 is 11.6 Å². The number of halogens is 2. The number of aromatic hydroxyl groups is 1. The Morgan fingerprint density at radius 1 is 1.09 bits per heavy atom. The second-order valence-electron chi connectivity index (χ2n) is 11.7. The molecular formula is C31H28ClFN2O8. The number of amides is 4. The number of allylic oxidation sites excluding steroid dienone is 2. The maximum Gasteiger partial charge on any atom is 0.305 e. The first-order chi connectivity index (χ1) is 20.4. The van der Waals surface area contributed by atoms with Gasteiger partial charge >= 0.3 is 5.97 Å². The van der Waals surface area contributed by atoms with Crippen LogP contribution in [0.3, 0.4) is 0 Å². The van der Waals surface area contributed by atoms with Crippen molar-refractivity contribution in [2.75, 3.05) is 18.6 Å². The van der Waals surface area contributed by atoms with Gasteiger partial charge < -0.3 is 14.9 Å². The summed E-state index contributed by atoms with van der Waals surface area (Å²) in [6, 6.07) is 8.21. The van der Waals surface area contributed by atoms with Crippen molar-refractivity contribution in [3.8, 4) is 11.5 Å². The zero-order chi connectivity index (χ0) is 31.0. The molecule has 224 valence electrons. The zero-order valence-electron chi connectivity index (χ0n) is 23.3. The highest BCUT2D eigenvalue weighted by atomic mass is 35.5. The quantitative estimate of drug-likeness (QED) is 0.371. The van der Waals surface area contributed by atoms with Crippen LogP contribution in [0.4, 0.5) is 10.1 Å². The SMILES string of the molecule is COc1ccc(C2C3=CCC4C(=O)N(CCC(=O)O)C(=O)C4C3CC3C(=O)N(c4ccc(F)c(Cl)c4)C(=O)C32C)c(O)c1. The Kier molecular flexibility index (Phi) is 6.83. The van der Waals surface area contributed by atoms with Crippen molar-refractivity contribution < 1.29 is 43.3 Å². The van der Waals surface area contributed by atoms with Gasteiger partial charge in [0, 0.05) is 24.1 Å². The van der Waals surface area contributed by atoms with E-state index in [0.29, 0.717) is 16.9 Å². The molecule has 6 rings (SSSR count). The number of carbonyl (C=O) groups excluding carboxylic acids is 4. The molecule has 3 fully saturated rings. The zero-order valence-corrected chi connectivity index (χ0v) is 24.0. The van der Waals surface area contributed by atoms with Crippen LogP contribution in [0.25, 0.3) is 0 Å². The number of carboxylic acids is 1. The molecule has 1 saturated carbocycles. The summed E-state index contributed by atoms with van der Waals surface area (Å²) in [7, 11) is 1.44. The lowest BCUT2D eigenvalue weighted by molar-refractivity contribution is -0.142. The average molecular weight is 611 g/mol. The summed E-state index contributed by atoms with van der Waals surface area (Å²) in [5, 5.41) is 20.1. The minimum atomic E-state index is -1.42. The third kappa shape index (κ3) is 4.16. The van der Waals surface area contributed by atoms with Crippen LogP contribution in [0, 0.1) is 34.9 Å². The molecular weight excluding hydrogens is 583 g/mol. The summed E-state index contributed by atoms with van der Waals surface area (Å²) in [5.41, 5.74) is -0.325. The van der Waals surface area contributed by atoms with E-state index >= 15 is 0 Å². The van der Waals surface area contributed by atoms with Gasteiger partial charge in [-0.05, 0) is 49.9 Å². The fourth-order valence-corrected chi connectivity index (χ4v) is 7.79. The first-order valence-corrected chi connectivity index (χ1v) is 14.2. The van der Waals surface area contributed by atoms with E-state index in [1.807, 2.05) is 6.08 Å². The molecule has 2 aliphatic carbocycles. The highest BCUT2D eigenvalue weighted by Gasteiger charge is 2.67. The molecule has 0 aromatic heterocycles. The minimum absolute atomic E-state index is 0.0682. The number of phenols is 1. The first kappa shape index (κ1) is 28.9. The van der Waals surface area contributed by atoms with Crippen LogP contribution in [0.1, 0.15) is 37.7 Å². The molecule has 2 heterocycles. The Labute approximate surface area is 250 Å². The van der Waals surface area contributed by atoms with E-state index in [4.69, 9.17) is 21.4 Å². The van der Waals surface area contributed by atoms with Crippen molar-refractivity contribution in [3.63, 3.8) is 0 Å². The summed E-state index contributed by atoms with van der Waals surface area (Å²) < 4.78 is 19.3. The smallest absolute Gasteiger partial charge is 0.305 e. The van der Waals surface area contributed by atoms with E-state index in [1.165, 1.54) is 25.3 Å². The van der Waals surface area contributed by atoms with Gasteiger partial charge in [-0.25, -0.2) is 9.29 Å². The van der Waals surface area contributed by atoms with Crippen LogP contribution < -0.4 is 9.64 Å². The molecule has 10 nitrogen and oxygen atoms in total. The molecule has 12 heteroatoms. The molecule has 0 spiro atoms. The molecule has 2 aromatic carbocycles. The van der Waals surface area contributed by atoms with Crippen molar-refractivity contribution in [2.24, 2.45) is 29.1 Å². The Morgan fingerprint density at radius 2 is 1.84 bits per heavy atom. The monoisotopic (exact) mass is 610 g/mol. The molecule has 0 radical (unpaired) electrons. The number of rotatable bonds is 6. The third-order valence-corrected chi connectivity index (χ3v) is 9.91. The summed E-state index contributed by atoms with van der Waals surface area (Å²) >= 11 is 6.01. The molecule has 43 heavy (non-hydrogen) atoms. The highest BCUT2D eigenvalue weighted by Crippen LogP contribution is 2.64. The number of methoxy groups -OCH3 is 1. The van der Waals surface area contributed by atoms with E-state index in [0.717, 1.165) is 15.9 Å². The molecule has 4 aliphatic rings.